The largest absolute Gasteiger partial charge is 0.394 e. The van der Waals surface area contributed by atoms with E-state index < -0.39 is 111 Å². The first-order valence-corrected chi connectivity index (χ1v) is 27.1. The molecule has 2 aliphatic rings. The van der Waals surface area contributed by atoms with Crippen molar-refractivity contribution in [1.82, 2.24) is 5.32 Å². The highest BCUT2D eigenvalue weighted by molar-refractivity contribution is 5.80. The van der Waals surface area contributed by atoms with Crippen LogP contribution in [0, 0.1) is 0 Å². The second-order valence-electron chi connectivity index (χ2n) is 19.7. The predicted molar refractivity (Wildman–Crippen MR) is 261 cm³/mol. The predicted octanol–water partition coefficient (Wildman–Crippen LogP) is 5.49. The molecule has 14 atom stereocenters. The molecular formula is C52H99NO15. The number of unbranched alkanes of at least 4 members (excludes halogenated alkanes) is 26. The first kappa shape index (κ1) is 62.8. The van der Waals surface area contributed by atoms with Crippen LogP contribution in [0.1, 0.15) is 206 Å². The Morgan fingerprint density at radius 3 is 1.41 bits per heavy atom. The second kappa shape index (κ2) is 39.2. The van der Waals surface area contributed by atoms with Crippen molar-refractivity contribution in [3.8, 4) is 0 Å². The standard InChI is InChI=1S/C52H99NO15/c1-3-5-7-9-11-13-15-17-18-19-20-21-22-24-26-28-30-32-34-40(56)50(64)53-38(43(57)39(55)33-31-29-27-25-23-16-14-12-10-8-6-4-2)36-65-51-49(63)47(61)45(59)42(68-51)37-66-52-48(62)46(60)44(58)41(35-54)67-52/h29,31,38-49,51-52,54-63H,3-28,30,32-37H2,1-2H3,(H,53,64)/b31-29+/t38-,39+,40+,41+,42+,43-,44+,45+,46-,47-,48+,49+,51+,52+/m0/s1. The quantitative estimate of drug-likeness (QED) is 0.0267. The molecule has 0 aromatic rings. The van der Waals surface area contributed by atoms with E-state index in [1.807, 2.05) is 6.08 Å². The van der Waals surface area contributed by atoms with Crippen LogP contribution in [0.3, 0.4) is 0 Å². The highest BCUT2D eigenvalue weighted by atomic mass is 16.7. The number of amides is 1. The van der Waals surface area contributed by atoms with Gasteiger partial charge in [-0.05, 0) is 25.7 Å². The highest BCUT2D eigenvalue weighted by Gasteiger charge is 2.48. The summed E-state index contributed by atoms with van der Waals surface area (Å²) in [5.41, 5.74) is 0. The van der Waals surface area contributed by atoms with E-state index in [2.05, 4.69) is 19.2 Å². The van der Waals surface area contributed by atoms with Gasteiger partial charge in [0.2, 0.25) is 5.91 Å². The average Bonchev–Trinajstić information content (AvgIpc) is 3.33. The van der Waals surface area contributed by atoms with Gasteiger partial charge in [-0.1, -0.05) is 193 Å². The van der Waals surface area contributed by atoms with Crippen LogP contribution >= 0.6 is 0 Å². The minimum absolute atomic E-state index is 0.0671. The Hall–Kier alpha value is -1.35. The SMILES string of the molecule is CCCCCCCCCCC/C=C/C[C@@H](O)[C@@H](O)[C@H](CO[C@@H]1O[C@H](CO[C@@H]2O[C@H](CO)[C@@H](O)[C@H](O)[C@H]2O)[C@@H](O)[C@H](O)[C@H]1O)NC(=O)[C@H](O)CCCCCCCCCCCCCCCCCCCC. The smallest absolute Gasteiger partial charge is 0.249 e. The molecule has 16 heteroatoms. The number of rotatable bonds is 42. The number of hydrogen-bond donors (Lipinski definition) is 11. The topological polar surface area (TPSA) is 268 Å². The van der Waals surface area contributed by atoms with E-state index in [0.717, 1.165) is 38.5 Å². The molecule has 16 nitrogen and oxygen atoms in total. The molecule has 0 aromatic heterocycles. The minimum atomic E-state index is -1.83. The van der Waals surface area contributed by atoms with Gasteiger partial charge in [0.15, 0.2) is 12.6 Å². The maximum Gasteiger partial charge on any atom is 0.249 e. The second-order valence-corrected chi connectivity index (χ2v) is 19.7. The molecule has 0 radical (unpaired) electrons. The summed E-state index contributed by atoms with van der Waals surface area (Å²) in [5, 5.41) is 108. The third-order valence-corrected chi connectivity index (χ3v) is 13.7. The van der Waals surface area contributed by atoms with E-state index in [1.165, 1.54) is 135 Å². The molecule has 2 fully saturated rings. The lowest BCUT2D eigenvalue weighted by Gasteiger charge is -2.43. The fourth-order valence-corrected chi connectivity index (χ4v) is 8.99. The first-order chi connectivity index (χ1) is 32.9. The van der Waals surface area contributed by atoms with E-state index in [4.69, 9.17) is 18.9 Å². The van der Waals surface area contributed by atoms with Crippen LogP contribution in [-0.2, 0) is 23.7 Å². The number of ether oxygens (including phenoxy) is 4. The van der Waals surface area contributed by atoms with Gasteiger partial charge < -0.3 is 75.3 Å². The summed E-state index contributed by atoms with van der Waals surface area (Å²) in [5.74, 6) is -0.774. The van der Waals surface area contributed by atoms with Crippen molar-refractivity contribution in [2.24, 2.45) is 0 Å². The molecule has 0 aromatic carbocycles. The van der Waals surface area contributed by atoms with E-state index in [1.54, 1.807) is 6.08 Å². The minimum Gasteiger partial charge on any atom is -0.394 e. The zero-order valence-electron chi connectivity index (χ0n) is 42.1. The molecule has 2 saturated heterocycles. The summed E-state index contributed by atoms with van der Waals surface area (Å²) >= 11 is 0. The molecule has 0 bridgehead atoms. The lowest BCUT2D eigenvalue weighted by atomic mass is 9.98. The van der Waals surface area contributed by atoms with Gasteiger partial charge >= 0.3 is 0 Å². The van der Waals surface area contributed by atoms with Gasteiger partial charge in [0.1, 0.15) is 61.0 Å². The van der Waals surface area contributed by atoms with Crippen molar-refractivity contribution in [3.05, 3.63) is 12.2 Å². The molecule has 2 rings (SSSR count). The maximum absolute atomic E-state index is 13.3. The Balaban J connectivity index is 1.87. The van der Waals surface area contributed by atoms with Crippen LogP contribution in [0.25, 0.3) is 0 Å². The van der Waals surface area contributed by atoms with Crippen LogP contribution in [-0.4, -0.2) is 163 Å². The normalized spacial score (nSPS) is 27.4. The first-order valence-electron chi connectivity index (χ1n) is 27.1. The van der Waals surface area contributed by atoms with Crippen molar-refractivity contribution in [1.29, 1.82) is 0 Å². The summed E-state index contributed by atoms with van der Waals surface area (Å²) in [6.45, 7) is 2.64. The number of nitrogens with one attached hydrogen (secondary N) is 1. The third-order valence-electron chi connectivity index (χ3n) is 13.7. The Kier molecular flexibility index (Phi) is 36.2. The van der Waals surface area contributed by atoms with Crippen molar-refractivity contribution in [2.75, 3.05) is 19.8 Å². The molecule has 402 valence electrons. The number of allylic oxidation sites excluding steroid dienone is 1. The fourth-order valence-electron chi connectivity index (χ4n) is 8.99. The lowest BCUT2D eigenvalue weighted by Crippen LogP contribution is -2.62. The zero-order chi connectivity index (χ0) is 49.9. The highest BCUT2D eigenvalue weighted by Crippen LogP contribution is 2.27. The number of carbonyl (C=O) groups excluding carboxylic acids is 1. The van der Waals surface area contributed by atoms with E-state index in [0.29, 0.717) is 6.42 Å². The molecule has 0 aliphatic carbocycles. The van der Waals surface area contributed by atoms with Gasteiger partial charge in [-0.2, -0.15) is 0 Å². The van der Waals surface area contributed by atoms with Crippen LogP contribution in [0.5, 0.6) is 0 Å². The molecule has 2 aliphatic heterocycles. The third kappa shape index (κ3) is 25.9. The van der Waals surface area contributed by atoms with Crippen molar-refractivity contribution in [2.45, 2.75) is 292 Å². The van der Waals surface area contributed by atoms with Crippen molar-refractivity contribution >= 4 is 5.91 Å². The monoisotopic (exact) mass is 978 g/mol. The summed E-state index contributed by atoms with van der Waals surface area (Å²) in [4.78, 5) is 13.3. The maximum atomic E-state index is 13.3. The van der Waals surface area contributed by atoms with E-state index >= 15 is 0 Å². The number of aliphatic hydroxyl groups is 10. The summed E-state index contributed by atoms with van der Waals surface area (Å²) in [6, 6.07) is -1.30. The molecule has 0 spiro atoms. The van der Waals surface area contributed by atoms with Gasteiger partial charge in [0.25, 0.3) is 0 Å². The van der Waals surface area contributed by atoms with E-state index in [-0.39, 0.29) is 12.8 Å². The van der Waals surface area contributed by atoms with Crippen LogP contribution in [0.4, 0.5) is 0 Å². The van der Waals surface area contributed by atoms with Gasteiger partial charge in [-0.25, -0.2) is 0 Å². The van der Waals surface area contributed by atoms with Crippen LogP contribution < -0.4 is 5.32 Å². The summed E-state index contributed by atoms with van der Waals surface area (Å²) in [7, 11) is 0. The molecule has 11 N–H and O–H groups in total. The molecule has 0 saturated carbocycles. The number of aliphatic hydroxyl groups excluding tert-OH is 10. The van der Waals surface area contributed by atoms with E-state index in [9.17, 15) is 55.9 Å². The fraction of sp³-hybridized carbons (Fsp3) is 0.942. The van der Waals surface area contributed by atoms with Gasteiger partial charge in [0.05, 0.1) is 32.0 Å². The molecule has 1 amide bonds. The lowest BCUT2D eigenvalue weighted by molar-refractivity contribution is -0.331. The van der Waals surface area contributed by atoms with Crippen LogP contribution in [0.2, 0.25) is 0 Å². The van der Waals surface area contributed by atoms with Gasteiger partial charge in [0, 0.05) is 0 Å². The molecule has 2 heterocycles. The van der Waals surface area contributed by atoms with Gasteiger partial charge in [-0.15, -0.1) is 0 Å². The Labute approximate surface area is 409 Å². The number of carbonyl (C=O) groups is 1. The number of hydrogen-bond acceptors (Lipinski definition) is 15. The van der Waals surface area contributed by atoms with Crippen LogP contribution in [0.15, 0.2) is 12.2 Å². The Morgan fingerprint density at radius 1 is 0.529 bits per heavy atom. The summed E-state index contributed by atoms with van der Waals surface area (Å²) in [6.07, 6.45) is 17.0. The average molecular weight is 978 g/mol. The molecule has 68 heavy (non-hydrogen) atoms. The van der Waals surface area contributed by atoms with Crippen molar-refractivity contribution < 1.29 is 74.8 Å². The Bertz CT molecular complexity index is 1230. The molecular weight excluding hydrogens is 879 g/mol. The zero-order valence-corrected chi connectivity index (χ0v) is 42.1. The Morgan fingerprint density at radius 2 is 0.941 bits per heavy atom. The van der Waals surface area contributed by atoms with Gasteiger partial charge in [-0.3, -0.25) is 4.79 Å². The summed E-state index contributed by atoms with van der Waals surface area (Å²) < 4.78 is 22.4. The molecule has 0 unspecified atom stereocenters. The van der Waals surface area contributed by atoms with Crippen molar-refractivity contribution in [3.63, 3.8) is 0 Å².